The van der Waals surface area contributed by atoms with Gasteiger partial charge in [-0.1, -0.05) is 31.0 Å². The van der Waals surface area contributed by atoms with Gasteiger partial charge in [0.25, 0.3) is 0 Å². The number of fused-ring (bicyclic) bond motifs is 1. The van der Waals surface area contributed by atoms with Crippen molar-refractivity contribution in [1.82, 2.24) is 15.0 Å². The van der Waals surface area contributed by atoms with Crippen molar-refractivity contribution in [3.05, 3.63) is 48.4 Å². The number of hydrogen-bond donors (Lipinski definition) is 1. The van der Waals surface area contributed by atoms with E-state index in [2.05, 4.69) is 43.4 Å². The Balaban J connectivity index is 1.66. The fourth-order valence-corrected chi connectivity index (χ4v) is 3.42. The van der Waals surface area contributed by atoms with Crippen molar-refractivity contribution >= 4 is 28.2 Å². The summed E-state index contributed by atoms with van der Waals surface area (Å²) >= 11 is 0. The van der Waals surface area contributed by atoms with Gasteiger partial charge in [-0.2, -0.15) is 0 Å². The zero-order valence-electron chi connectivity index (χ0n) is 14.6. The Morgan fingerprint density at radius 2 is 1.76 bits per heavy atom. The van der Waals surface area contributed by atoms with Crippen LogP contribution in [0.1, 0.15) is 31.5 Å². The van der Waals surface area contributed by atoms with E-state index in [0.717, 1.165) is 47.1 Å². The molecule has 3 heterocycles. The molecule has 0 aliphatic carbocycles. The minimum absolute atomic E-state index is 0.789. The Morgan fingerprint density at radius 3 is 2.60 bits per heavy atom. The van der Waals surface area contributed by atoms with Crippen LogP contribution in [0.5, 0.6) is 0 Å². The predicted molar refractivity (Wildman–Crippen MR) is 102 cm³/mol. The molecule has 0 amide bonds. The number of nitrogens with zero attached hydrogens (tertiary/aromatic N) is 4. The quantitative estimate of drug-likeness (QED) is 0.767. The predicted octanol–water partition coefficient (Wildman–Crippen LogP) is 4.46. The summed E-state index contributed by atoms with van der Waals surface area (Å²) in [6.45, 7) is 4.10. The maximum atomic E-state index is 4.66. The van der Waals surface area contributed by atoms with Crippen LogP contribution in [0.3, 0.4) is 0 Å². The maximum Gasteiger partial charge on any atom is 0.136 e. The molecule has 0 spiro atoms. The molecule has 0 bridgehead atoms. The molecule has 4 rings (SSSR count). The molecule has 2 aromatic heterocycles. The highest BCUT2D eigenvalue weighted by Crippen LogP contribution is 2.26. The number of pyridine rings is 1. The number of anilines is 3. The highest BCUT2D eigenvalue weighted by atomic mass is 15.2. The monoisotopic (exact) mass is 333 g/mol. The summed E-state index contributed by atoms with van der Waals surface area (Å²) in [6, 6.07) is 12.2. The SMILES string of the molecule is Cc1nc(Nc2cccc3cccnc23)cc(N2CCCCCC2)n1. The summed E-state index contributed by atoms with van der Waals surface area (Å²) in [5, 5.41) is 4.56. The number of para-hydroxylation sites is 1. The molecule has 1 fully saturated rings. The van der Waals surface area contributed by atoms with E-state index >= 15 is 0 Å². The molecule has 5 nitrogen and oxygen atoms in total. The third kappa shape index (κ3) is 3.55. The minimum atomic E-state index is 0.789. The van der Waals surface area contributed by atoms with Gasteiger partial charge in [0.2, 0.25) is 0 Å². The van der Waals surface area contributed by atoms with E-state index in [9.17, 15) is 0 Å². The van der Waals surface area contributed by atoms with E-state index in [4.69, 9.17) is 0 Å². The van der Waals surface area contributed by atoms with Crippen molar-refractivity contribution in [2.75, 3.05) is 23.3 Å². The van der Waals surface area contributed by atoms with Gasteiger partial charge in [-0.15, -0.1) is 0 Å². The van der Waals surface area contributed by atoms with Gasteiger partial charge in [0.15, 0.2) is 0 Å². The molecule has 1 aliphatic heterocycles. The Labute approximate surface area is 148 Å². The number of aromatic nitrogens is 3. The second-order valence-corrected chi connectivity index (χ2v) is 6.57. The number of hydrogen-bond acceptors (Lipinski definition) is 5. The van der Waals surface area contributed by atoms with Crippen LogP contribution in [0.25, 0.3) is 10.9 Å². The summed E-state index contributed by atoms with van der Waals surface area (Å²) in [5.74, 6) is 2.63. The van der Waals surface area contributed by atoms with Crippen LogP contribution in [-0.2, 0) is 0 Å². The van der Waals surface area contributed by atoms with Crippen LogP contribution in [-0.4, -0.2) is 28.0 Å². The van der Waals surface area contributed by atoms with Crippen LogP contribution < -0.4 is 10.2 Å². The zero-order chi connectivity index (χ0) is 17.1. The molecule has 1 aliphatic rings. The van der Waals surface area contributed by atoms with Gasteiger partial charge < -0.3 is 10.2 Å². The van der Waals surface area contributed by atoms with E-state index in [-0.39, 0.29) is 0 Å². The molecular formula is C20H23N5. The fourth-order valence-electron chi connectivity index (χ4n) is 3.42. The lowest BCUT2D eigenvalue weighted by molar-refractivity contribution is 0.726. The molecule has 25 heavy (non-hydrogen) atoms. The van der Waals surface area contributed by atoms with Crippen LogP contribution in [0.2, 0.25) is 0 Å². The first-order valence-electron chi connectivity index (χ1n) is 9.01. The first-order chi connectivity index (χ1) is 12.3. The van der Waals surface area contributed by atoms with Crippen molar-refractivity contribution in [2.24, 2.45) is 0 Å². The Bertz CT molecular complexity index is 864. The van der Waals surface area contributed by atoms with Gasteiger partial charge in [-0.25, -0.2) is 9.97 Å². The van der Waals surface area contributed by atoms with Crippen molar-refractivity contribution in [3.8, 4) is 0 Å². The third-order valence-corrected chi connectivity index (χ3v) is 4.65. The summed E-state index contributed by atoms with van der Waals surface area (Å²) in [6.07, 6.45) is 6.92. The summed E-state index contributed by atoms with van der Waals surface area (Å²) in [7, 11) is 0. The van der Waals surface area contributed by atoms with E-state index in [1.165, 1.54) is 25.7 Å². The van der Waals surface area contributed by atoms with Crippen molar-refractivity contribution in [3.63, 3.8) is 0 Å². The second-order valence-electron chi connectivity index (χ2n) is 6.57. The summed E-state index contributed by atoms with van der Waals surface area (Å²) in [5.41, 5.74) is 1.93. The molecule has 0 atom stereocenters. The Kier molecular flexibility index (Phi) is 4.46. The van der Waals surface area contributed by atoms with Crippen LogP contribution >= 0.6 is 0 Å². The number of benzene rings is 1. The average molecular weight is 333 g/mol. The van der Waals surface area contributed by atoms with Crippen molar-refractivity contribution < 1.29 is 0 Å². The van der Waals surface area contributed by atoms with Gasteiger partial charge in [0, 0.05) is 30.7 Å². The lowest BCUT2D eigenvalue weighted by atomic mass is 10.2. The standard InChI is InChI=1S/C20H23N5/c1-15-22-18(14-19(23-15)25-12-4-2-3-5-13-25)24-17-10-6-8-16-9-7-11-21-20(16)17/h6-11,14H,2-5,12-13H2,1H3,(H,22,23,24). The minimum Gasteiger partial charge on any atom is -0.356 e. The maximum absolute atomic E-state index is 4.66. The van der Waals surface area contributed by atoms with Gasteiger partial charge >= 0.3 is 0 Å². The molecule has 0 unspecified atom stereocenters. The van der Waals surface area contributed by atoms with E-state index in [0.29, 0.717) is 0 Å². The lowest BCUT2D eigenvalue weighted by Crippen LogP contribution is -2.25. The molecule has 1 aromatic carbocycles. The molecule has 1 saturated heterocycles. The summed E-state index contributed by atoms with van der Waals surface area (Å²) in [4.78, 5) is 16.1. The first kappa shape index (κ1) is 15.8. The van der Waals surface area contributed by atoms with Gasteiger partial charge in [0.1, 0.15) is 17.5 Å². The number of rotatable bonds is 3. The Hall–Kier alpha value is -2.69. The zero-order valence-corrected chi connectivity index (χ0v) is 14.6. The largest absolute Gasteiger partial charge is 0.356 e. The van der Waals surface area contributed by atoms with E-state index in [1.54, 1.807) is 0 Å². The van der Waals surface area contributed by atoms with Crippen molar-refractivity contribution in [2.45, 2.75) is 32.6 Å². The summed E-state index contributed by atoms with van der Waals surface area (Å²) < 4.78 is 0. The Morgan fingerprint density at radius 1 is 0.960 bits per heavy atom. The molecule has 0 radical (unpaired) electrons. The number of nitrogens with one attached hydrogen (secondary N) is 1. The molecule has 1 N–H and O–H groups in total. The van der Waals surface area contributed by atoms with E-state index < -0.39 is 0 Å². The van der Waals surface area contributed by atoms with Crippen LogP contribution in [0.4, 0.5) is 17.3 Å². The highest BCUT2D eigenvalue weighted by Gasteiger charge is 2.13. The average Bonchev–Trinajstić information content (AvgIpc) is 2.91. The first-order valence-corrected chi connectivity index (χ1v) is 9.01. The molecule has 0 saturated carbocycles. The molecule has 3 aromatic rings. The van der Waals surface area contributed by atoms with Gasteiger partial charge in [-0.05, 0) is 31.9 Å². The molecule has 5 heteroatoms. The van der Waals surface area contributed by atoms with Crippen LogP contribution in [0, 0.1) is 6.92 Å². The van der Waals surface area contributed by atoms with E-state index in [1.807, 2.05) is 31.3 Å². The fraction of sp³-hybridized carbons (Fsp3) is 0.350. The van der Waals surface area contributed by atoms with Gasteiger partial charge in [-0.3, -0.25) is 4.98 Å². The van der Waals surface area contributed by atoms with Crippen LogP contribution in [0.15, 0.2) is 42.6 Å². The second kappa shape index (κ2) is 7.05. The number of aryl methyl sites for hydroxylation is 1. The molecule has 128 valence electrons. The van der Waals surface area contributed by atoms with Crippen molar-refractivity contribution in [1.29, 1.82) is 0 Å². The van der Waals surface area contributed by atoms with Gasteiger partial charge in [0.05, 0.1) is 11.2 Å². The lowest BCUT2D eigenvalue weighted by Gasteiger charge is -2.22. The topological polar surface area (TPSA) is 53.9 Å². The normalized spacial score (nSPS) is 15.2. The third-order valence-electron chi connectivity index (χ3n) is 4.65. The highest BCUT2D eigenvalue weighted by molar-refractivity contribution is 5.91. The molecular weight excluding hydrogens is 310 g/mol. The smallest absolute Gasteiger partial charge is 0.136 e.